The van der Waals surface area contributed by atoms with Crippen LogP contribution in [0.5, 0.6) is 0 Å². The minimum Gasteiger partial charge on any atom is -0.441 e. The number of halogens is 3. The first-order chi connectivity index (χ1) is 12.5. The standard InChI is InChI=1S/C15H17F3N2O6S/c1-27(22,23)20-10-6-24-13-11(7-25-12(10)13)26-14(21)19-9-4-2-3-8(5-9)15(16,17)18/h2-5,10-13,20H,6-7H2,1H3,(H,19,21)/t10-,11+,12+,13+/m0/s1. The first kappa shape index (κ1) is 19.9. The van der Waals surface area contributed by atoms with Crippen LogP contribution < -0.4 is 10.0 Å². The highest BCUT2D eigenvalue weighted by atomic mass is 32.2. The van der Waals surface area contributed by atoms with E-state index in [1.54, 1.807) is 0 Å². The number of hydrogen-bond donors (Lipinski definition) is 2. The van der Waals surface area contributed by atoms with Crippen LogP contribution in [0.2, 0.25) is 0 Å². The molecule has 2 aliphatic heterocycles. The van der Waals surface area contributed by atoms with Crippen LogP contribution in [-0.2, 0) is 30.4 Å². The summed E-state index contributed by atoms with van der Waals surface area (Å²) in [6, 6.07) is 3.52. The third-order valence-corrected chi connectivity index (χ3v) is 4.80. The van der Waals surface area contributed by atoms with Gasteiger partial charge in [0.2, 0.25) is 10.0 Å². The number of sulfonamides is 1. The molecule has 3 rings (SSSR count). The Bertz CT molecular complexity index is 816. The van der Waals surface area contributed by atoms with E-state index in [2.05, 4.69) is 10.0 Å². The topological polar surface area (TPSA) is 103 Å². The third-order valence-electron chi connectivity index (χ3n) is 4.07. The molecule has 150 valence electrons. The fourth-order valence-corrected chi connectivity index (χ4v) is 3.75. The van der Waals surface area contributed by atoms with Gasteiger partial charge in [-0.15, -0.1) is 0 Å². The molecule has 27 heavy (non-hydrogen) atoms. The lowest BCUT2D eigenvalue weighted by atomic mass is 10.1. The molecule has 0 unspecified atom stereocenters. The van der Waals surface area contributed by atoms with E-state index in [-0.39, 0.29) is 18.9 Å². The van der Waals surface area contributed by atoms with Crippen molar-refractivity contribution in [3.05, 3.63) is 29.8 Å². The van der Waals surface area contributed by atoms with Crippen molar-refractivity contribution < 1.29 is 40.6 Å². The molecule has 2 heterocycles. The SMILES string of the molecule is CS(=O)(=O)N[C@H]1CO[C@H]2[C@@H]1OC[C@H]2OC(=O)Nc1cccc(C(F)(F)F)c1. The number of amides is 1. The summed E-state index contributed by atoms with van der Waals surface area (Å²) < 4.78 is 79.3. The molecule has 0 saturated carbocycles. The molecule has 2 saturated heterocycles. The number of fused-ring (bicyclic) bond motifs is 1. The lowest BCUT2D eigenvalue weighted by Crippen LogP contribution is -2.44. The van der Waals surface area contributed by atoms with Crippen molar-refractivity contribution in [1.82, 2.24) is 4.72 Å². The van der Waals surface area contributed by atoms with E-state index in [1.165, 1.54) is 6.07 Å². The van der Waals surface area contributed by atoms with E-state index in [0.717, 1.165) is 24.5 Å². The van der Waals surface area contributed by atoms with E-state index < -0.39 is 52.2 Å². The van der Waals surface area contributed by atoms with E-state index in [1.807, 2.05) is 0 Å². The van der Waals surface area contributed by atoms with Crippen LogP contribution in [0.1, 0.15) is 5.56 Å². The molecule has 1 aromatic rings. The largest absolute Gasteiger partial charge is 0.441 e. The normalized spacial score (nSPS) is 28.0. The van der Waals surface area contributed by atoms with Crippen LogP contribution in [0.25, 0.3) is 0 Å². The van der Waals surface area contributed by atoms with Crippen molar-refractivity contribution in [1.29, 1.82) is 0 Å². The average molecular weight is 410 g/mol. The minimum atomic E-state index is -4.53. The summed E-state index contributed by atoms with van der Waals surface area (Å²) in [5.41, 5.74) is -0.979. The zero-order valence-electron chi connectivity index (χ0n) is 14.0. The Morgan fingerprint density at radius 3 is 2.59 bits per heavy atom. The quantitative estimate of drug-likeness (QED) is 0.777. The van der Waals surface area contributed by atoms with E-state index >= 15 is 0 Å². The van der Waals surface area contributed by atoms with Gasteiger partial charge in [0.15, 0.2) is 6.10 Å². The molecule has 0 radical (unpaired) electrons. The van der Waals surface area contributed by atoms with Gasteiger partial charge >= 0.3 is 12.3 Å². The Hall–Kier alpha value is -1.89. The molecule has 0 spiro atoms. The Balaban J connectivity index is 1.58. The van der Waals surface area contributed by atoms with E-state index in [9.17, 15) is 26.4 Å². The van der Waals surface area contributed by atoms with Gasteiger partial charge in [0.05, 0.1) is 31.1 Å². The lowest BCUT2D eigenvalue weighted by Gasteiger charge is -2.17. The van der Waals surface area contributed by atoms with Crippen molar-refractivity contribution >= 4 is 21.8 Å². The highest BCUT2D eigenvalue weighted by molar-refractivity contribution is 7.88. The number of carbonyl (C=O) groups is 1. The number of rotatable bonds is 4. The molecule has 12 heteroatoms. The summed E-state index contributed by atoms with van der Waals surface area (Å²) in [4.78, 5) is 12.0. The molecule has 8 nitrogen and oxygen atoms in total. The highest BCUT2D eigenvalue weighted by Gasteiger charge is 2.50. The van der Waals surface area contributed by atoms with Gasteiger partial charge in [-0.3, -0.25) is 5.32 Å². The van der Waals surface area contributed by atoms with Gasteiger partial charge in [0, 0.05) is 5.69 Å². The van der Waals surface area contributed by atoms with Gasteiger partial charge in [-0.2, -0.15) is 13.2 Å². The zero-order chi connectivity index (χ0) is 19.8. The molecule has 1 aromatic carbocycles. The van der Waals surface area contributed by atoms with Crippen LogP contribution in [0, 0.1) is 0 Å². The monoisotopic (exact) mass is 410 g/mol. The van der Waals surface area contributed by atoms with E-state index in [4.69, 9.17) is 14.2 Å². The van der Waals surface area contributed by atoms with Crippen LogP contribution >= 0.6 is 0 Å². The van der Waals surface area contributed by atoms with Crippen molar-refractivity contribution in [3.8, 4) is 0 Å². The number of anilines is 1. The first-order valence-electron chi connectivity index (χ1n) is 7.88. The molecule has 0 bridgehead atoms. The molecular weight excluding hydrogens is 393 g/mol. The first-order valence-corrected chi connectivity index (χ1v) is 9.77. The Morgan fingerprint density at radius 1 is 1.22 bits per heavy atom. The maximum Gasteiger partial charge on any atom is 0.416 e. The summed E-state index contributed by atoms with van der Waals surface area (Å²) in [7, 11) is -3.47. The summed E-state index contributed by atoms with van der Waals surface area (Å²) in [5.74, 6) is 0. The molecule has 0 aliphatic carbocycles. The minimum absolute atomic E-state index is 0.0205. The molecule has 4 atom stereocenters. The number of benzene rings is 1. The Labute approximate surface area is 153 Å². The van der Waals surface area contributed by atoms with Crippen molar-refractivity contribution in [2.45, 2.75) is 30.5 Å². The predicted octanol–water partition coefficient (Wildman–Crippen LogP) is 1.34. The van der Waals surface area contributed by atoms with Gasteiger partial charge < -0.3 is 14.2 Å². The number of nitrogens with one attached hydrogen (secondary N) is 2. The number of carbonyl (C=O) groups excluding carboxylic acids is 1. The second-order valence-corrected chi connectivity index (χ2v) is 8.02. The van der Waals surface area contributed by atoms with Gasteiger partial charge in [0.25, 0.3) is 0 Å². The van der Waals surface area contributed by atoms with Gasteiger partial charge in [-0.1, -0.05) is 6.07 Å². The maximum absolute atomic E-state index is 12.7. The molecule has 2 aliphatic rings. The average Bonchev–Trinajstić information content (AvgIpc) is 3.09. The predicted molar refractivity (Wildman–Crippen MR) is 86.6 cm³/mol. The number of ether oxygens (including phenoxy) is 3. The van der Waals surface area contributed by atoms with Crippen LogP contribution in [0.4, 0.5) is 23.7 Å². The number of alkyl halides is 3. The molecular formula is C15H17F3N2O6S. The van der Waals surface area contributed by atoms with Crippen LogP contribution in [0.3, 0.4) is 0 Å². The summed E-state index contributed by atoms with van der Waals surface area (Å²) in [5, 5.41) is 2.23. The van der Waals surface area contributed by atoms with Crippen LogP contribution in [0.15, 0.2) is 24.3 Å². The Kier molecular flexibility index (Phi) is 5.34. The second-order valence-electron chi connectivity index (χ2n) is 6.24. The van der Waals surface area contributed by atoms with Crippen molar-refractivity contribution in [3.63, 3.8) is 0 Å². The fourth-order valence-electron chi connectivity index (χ4n) is 3.00. The van der Waals surface area contributed by atoms with Gasteiger partial charge in [-0.05, 0) is 18.2 Å². The van der Waals surface area contributed by atoms with E-state index in [0.29, 0.717) is 0 Å². The summed E-state index contributed by atoms with van der Waals surface area (Å²) in [6.45, 7) is 0.0325. The maximum atomic E-state index is 12.7. The zero-order valence-corrected chi connectivity index (χ0v) is 14.8. The molecule has 1 amide bonds. The second kappa shape index (κ2) is 7.26. The van der Waals surface area contributed by atoms with Gasteiger partial charge in [-0.25, -0.2) is 17.9 Å². The molecule has 0 aromatic heterocycles. The van der Waals surface area contributed by atoms with Crippen molar-refractivity contribution in [2.24, 2.45) is 0 Å². The third kappa shape index (κ3) is 4.89. The Morgan fingerprint density at radius 2 is 1.93 bits per heavy atom. The summed E-state index contributed by atoms with van der Waals surface area (Å²) in [6.07, 6.45) is -6.60. The van der Waals surface area contributed by atoms with Crippen LogP contribution in [-0.4, -0.2) is 58.3 Å². The van der Waals surface area contributed by atoms with Crippen molar-refractivity contribution in [2.75, 3.05) is 24.8 Å². The lowest BCUT2D eigenvalue weighted by molar-refractivity contribution is -0.137. The molecule has 2 fully saturated rings. The fraction of sp³-hybridized carbons (Fsp3) is 0.533. The smallest absolute Gasteiger partial charge is 0.416 e. The van der Waals surface area contributed by atoms with Gasteiger partial charge in [0.1, 0.15) is 12.2 Å². The summed E-state index contributed by atoms with van der Waals surface area (Å²) >= 11 is 0. The highest BCUT2D eigenvalue weighted by Crippen LogP contribution is 2.31. The number of hydrogen-bond acceptors (Lipinski definition) is 6. The molecule has 2 N–H and O–H groups in total.